The number of nitrogens with zero attached hydrogens (tertiary/aromatic N) is 3. The van der Waals surface area contributed by atoms with E-state index in [4.69, 9.17) is 4.98 Å². The topological polar surface area (TPSA) is 48.5 Å². The summed E-state index contributed by atoms with van der Waals surface area (Å²) in [5, 5.41) is 4.69. The largest absolute Gasteiger partial charge is 0.356 e. The van der Waals surface area contributed by atoms with Gasteiger partial charge in [0.25, 0.3) is 0 Å². The standard InChI is InChI=1S/C21H30N4O/c1-24(2)20(26)11-8-12-22-16-18-15-17-9-4-5-10-19(17)23-21(18)25-13-6-3-7-14-25/h4-5,9-10,15,22H,3,6-8,11-14,16H2,1-2H3. The van der Waals surface area contributed by atoms with Crippen molar-refractivity contribution in [2.75, 3.05) is 38.6 Å². The van der Waals surface area contributed by atoms with Gasteiger partial charge in [-0.1, -0.05) is 18.2 Å². The Morgan fingerprint density at radius 2 is 1.96 bits per heavy atom. The maximum absolute atomic E-state index is 11.7. The van der Waals surface area contributed by atoms with Gasteiger partial charge in [-0.3, -0.25) is 4.79 Å². The highest BCUT2D eigenvalue weighted by Crippen LogP contribution is 2.26. The van der Waals surface area contributed by atoms with Crippen molar-refractivity contribution in [3.05, 3.63) is 35.9 Å². The molecule has 0 spiro atoms. The summed E-state index contributed by atoms with van der Waals surface area (Å²) in [5.41, 5.74) is 2.32. The first-order chi connectivity index (χ1) is 12.6. The number of carbonyl (C=O) groups excluding carboxylic acids is 1. The van der Waals surface area contributed by atoms with Crippen LogP contribution in [0.3, 0.4) is 0 Å². The number of hydrogen-bond donors (Lipinski definition) is 1. The van der Waals surface area contributed by atoms with E-state index >= 15 is 0 Å². The molecule has 0 saturated carbocycles. The lowest BCUT2D eigenvalue weighted by molar-refractivity contribution is -0.128. The zero-order valence-electron chi connectivity index (χ0n) is 16.0. The predicted octanol–water partition coefficient (Wildman–Crippen LogP) is 3.18. The van der Waals surface area contributed by atoms with E-state index in [1.54, 1.807) is 19.0 Å². The van der Waals surface area contributed by atoms with Crippen LogP contribution in [0.15, 0.2) is 30.3 Å². The van der Waals surface area contributed by atoms with Crippen molar-refractivity contribution < 1.29 is 4.79 Å². The molecule has 2 aromatic rings. The molecular weight excluding hydrogens is 324 g/mol. The summed E-state index contributed by atoms with van der Waals surface area (Å²) in [7, 11) is 3.61. The van der Waals surface area contributed by atoms with Crippen LogP contribution in [-0.2, 0) is 11.3 Å². The second kappa shape index (κ2) is 8.99. The van der Waals surface area contributed by atoms with Gasteiger partial charge >= 0.3 is 0 Å². The number of nitrogens with one attached hydrogen (secondary N) is 1. The van der Waals surface area contributed by atoms with Gasteiger partial charge in [-0.25, -0.2) is 4.98 Å². The van der Waals surface area contributed by atoms with Gasteiger partial charge in [0.2, 0.25) is 5.91 Å². The summed E-state index contributed by atoms with van der Waals surface area (Å²) in [4.78, 5) is 20.7. The van der Waals surface area contributed by atoms with E-state index in [2.05, 4.69) is 40.5 Å². The van der Waals surface area contributed by atoms with Crippen LogP contribution in [0.5, 0.6) is 0 Å². The summed E-state index contributed by atoms with van der Waals surface area (Å²) in [6.07, 6.45) is 5.26. The van der Waals surface area contributed by atoms with Crippen LogP contribution in [0.25, 0.3) is 10.9 Å². The van der Waals surface area contributed by atoms with E-state index in [0.29, 0.717) is 6.42 Å². The van der Waals surface area contributed by atoms with Crippen LogP contribution in [0.1, 0.15) is 37.7 Å². The first kappa shape index (κ1) is 18.6. The Kier molecular flexibility index (Phi) is 6.45. The quantitative estimate of drug-likeness (QED) is 0.776. The van der Waals surface area contributed by atoms with Gasteiger partial charge in [0, 0.05) is 51.1 Å². The van der Waals surface area contributed by atoms with Crippen LogP contribution in [0.2, 0.25) is 0 Å². The van der Waals surface area contributed by atoms with Crippen LogP contribution in [0, 0.1) is 0 Å². The highest BCUT2D eigenvalue weighted by atomic mass is 16.2. The van der Waals surface area contributed by atoms with Gasteiger partial charge in [-0.05, 0) is 44.4 Å². The molecule has 0 unspecified atom stereocenters. The van der Waals surface area contributed by atoms with E-state index in [0.717, 1.165) is 43.9 Å². The summed E-state index contributed by atoms with van der Waals surface area (Å²) < 4.78 is 0. The zero-order chi connectivity index (χ0) is 18.4. The molecule has 1 aromatic heterocycles. The Hall–Kier alpha value is -2.14. The lowest BCUT2D eigenvalue weighted by Gasteiger charge is -2.30. The molecule has 140 valence electrons. The smallest absolute Gasteiger partial charge is 0.222 e. The number of amides is 1. The average Bonchev–Trinajstić information content (AvgIpc) is 2.67. The first-order valence-corrected chi connectivity index (χ1v) is 9.69. The Morgan fingerprint density at radius 3 is 2.73 bits per heavy atom. The molecule has 1 aliphatic rings. The third kappa shape index (κ3) is 4.73. The van der Waals surface area contributed by atoms with Gasteiger partial charge < -0.3 is 15.1 Å². The zero-order valence-corrected chi connectivity index (χ0v) is 16.0. The van der Waals surface area contributed by atoms with Gasteiger partial charge in [0.15, 0.2) is 0 Å². The summed E-state index contributed by atoms with van der Waals surface area (Å²) in [6, 6.07) is 10.6. The fraction of sp³-hybridized carbons (Fsp3) is 0.524. The van der Waals surface area contributed by atoms with Gasteiger partial charge in [-0.15, -0.1) is 0 Å². The molecule has 1 N–H and O–H groups in total. The lowest BCUT2D eigenvalue weighted by atomic mass is 10.1. The molecule has 0 radical (unpaired) electrons. The molecule has 1 saturated heterocycles. The Labute approximate surface area is 156 Å². The number of piperidine rings is 1. The highest BCUT2D eigenvalue weighted by molar-refractivity contribution is 5.81. The third-order valence-electron chi connectivity index (χ3n) is 4.99. The summed E-state index contributed by atoms with van der Waals surface area (Å²) >= 11 is 0. The minimum atomic E-state index is 0.188. The van der Waals surface area contributed by atoms with E-state index in [-0.39, 0.29) is 5.91 Å². The molecule has 0 bridgehead atoms. The van der Waals surface area contributed by atoms with Crippen molar-refractivity contribution in [1.29, 1.82) is 0 Å². The fourth-order valence-corrected chi connectivity index (χ4v) is 3.47. The van der Waals surface area contributed by atoms with Gasteiger partial charge in [-0.2, -0.15) is 0 Å². The number of aromatic nitrogens is 1. The van der Waals surface area contributed by atoms with Crippen molar-refractivity contribution in [3.63, 3.8) is 0 Å². The minimum absolute atomic E-state index is 0.188. The molecule has 5 heteroatoms. The van der Waals surface area contributed by atoms with E-state index in [9.17, 15) is 4.79 Å². The first-order valence-electron chi connectivity index (χ1n) is 9.69. The summed E-state index contributed by atoms with van der Waals surface area (Å²) in [6.45, 7) is 3.82. The number of carbonyl (C=O) groups is 1. The normalized spacial score (nSPS) is 14.6. The van der Waals surface area contributed by atoms with Gasteiger partial charge in [0.1, 0.15) is 5.82 Å². The number of pyridine rings is 1. The van der Waals surface area contributed by atoms with Crippen molar-refractivity contribution in [3.8, 4) is 0 Å². The molecule has 1 amide bonds. The molecular formula is C21H30N4O. The SMILES string of the molecule is CN(C)C(=O)CCCNCc1cc2ccccc2nc1N1CCCCC1. The molecule has 26 heavy (non-hydrogen) atoms. The maximum Gasteiger partial charge on any atom is 0.222 e. The monoisotopic (exact) mass is 354 g/mol. The minimum Gasteiger partial charge on any atom is -0.356 e. The van der Waals surface area contributed by atoms with E-state index in [1.807, 2.05) is 0 Å². The lowest BCUT2D eigenvalue weighted by Crippen LogP contribution is -2.32. The van der Waals surface area contributed by atoms with Crippen LogP contribution >= 0.6 is 0 Å². The van der Waals surface area contributed by atoms with Crippen LogP contribution < -0.4 is 10.2 Å². The average molecular weight is 354 g/mol. The summed E-state index contributed by atoms with van der Waals surface area (Å²) in [5.74, 6) is 1.31. The van der Waals surface area contributed by atoms with Crippen molar-refractivity contribution in [1.82, 2.24) is 15.2 Å². The number of hydrogen-bond acceptors (Lipinski definition) is 4. The van der Waals surface area contributed by atoms with Crippen molar-refractivity contribution in [2.45, 2.75) is 38.6 Å². The Morgan fingerprint density at radius 1 is 1.19 bits per heavy atom. The van der Waals surface area contributed by atoms with Crippen LogP contribution in [0.4, 0.5) is 5.82 Å². The molecule has 1 aliphatic heterocycles. The number of benzene rings is 1. The maximum atomic E-state index is 11.7. The Balaban J connectivity index is 1.68. The number of fused-ring (bicyclic) bond motifs is 1. The molecule has 2 heterocycles. The number of rotatable bonds is 7. The van der Waals surface area contributed by atoms with Crippen LogP contribution in [-0.4, -0.2) is 49.5 Å². The van der Waals surface area contributed by atoms with Gasteiger partial charge in [0.05, 0.1) is 5.52 Å². The third-order valence-corrected chi connectivity index (χ3v) is 4.99. The highest BCUT2D eigenvalue weighted by Gasteiger charge is 2.16. The number of para-hydroxylation sites is 1. The second-order valence-corrected chi connectivity index (χ2v) is 7.28. The number of anilines is 1. The molecule has 1 fully saturated rings. The molecule has 5 nitrogen and oxygen atoms in total. The van der Waals surface area contributed by atoms with Crippen molar-refractivity contribution >= 4 is 22.6 Å². The predicted molar refractivity (Wildman–Crippen MR) is 107 cm³/mol. The second-order valence-electron chi connectivity index (χ2n) is 7.28. The molecule has 0 aliphatic carbocycles. The molecule has 3 rings (SSSR count). The van der Waals surface area contributed by atoms with Crippen molar-refractivity contribution in [2.24, 2.45) is 0 Å². The fourth-order valence-electron chi connectivity index (χ4n) is 3.47. The molecule has 0 atom stereocenters. The Bertz CT molecular complexity index is 738. The van der Waals surface area contributed by atoms with E-state index < -0.39 is 0 Å². The molecule has 1 aromatic carbocycles. The van der Waals surface area contributed by atoms with E-state index in [1.165, 1.54) is 30.2 Å².